The third kappa shape index (κ3) is 3.08. The molecule has 0 bridgehead atoms. The van der Waals surface area contributed by atoms with Crippen LogP contribution >= 0.6 is 23.7 Å². The number of rotatable bonds is 3. The molecule has 26 heavy (non-hydrogen) atoms. The van der Waals surface area contributed by atoms with Gasteiger partial charge in [-0.1, -0.05) is 11.6 Å². The van der Waals surface area contributed by atoms with E-state index in [0.29, 0.717) is 29.3 Å². The summed E-state index contributed by atoms with van der Waals surface area (Å²) in [5.41, 5.74) is 3.20. The van der Waals surface area contributed by atoms with Gasteiger partial charge in [0.1, 0.15) is 5.75 Å². The van der Waals surface area contributed by atoms with Crippen LogP contribution in [-0.4, -0.2) is 32.6 Å². The Kier molecular flexibility index (Phi) is 4.42. The topological polar surface area (TPSA) is 68.2 Å². The van der Waals surface area contributed by atoms with Crippen LogP contribution in [0.4, 0.5) is 0 Å². The first-order chi connectivity index (χ1) is 12.5. The van der Waals surface area contributed by atoms with Crippen LogP contribution in [0.15, 0.2) is 59.1 Å². The third-order valence-corrected chi connectivity index (χ3v) is 5.51. The van der Waals surface area contributed by atoms with E-state index in [1.807, 2.05) is 35.8 Å². The van der Waals surface area contributed by atoms with Crippen LogP contribution in [0.2, 0.25) is 5.02 Å². The van der Waals surface area contributed by atoms with E-state index >= 15 is 0 Å². The van der Waals surface area contributed by atoms with Gasteiger partial charge in [0.05, 0.1) is 36.0 Å². The van der Waals surface area contributed by atoms with E-state index < -0.39 is 0 Å². The third-order valence-electron chi connectivity index (χ3n) is 4.53. The van der Waals surface area contributed by atoms with Crippen molar-refractivity contribution in [2.24, 2.45) is 11.0 Å². The fourth-order valence-corrected chi connectivity index (χ4v) is 3.83. The number of nitrogens with one attached hydrogen (secondary N) is 1. The zero-order valence-corrected chi connectivity index (χ0v) is 15.6. The lowest BCUT2D eigenvalue weighted by atomic mass is 9.97. The molecule has 8 heteroatoms. The molecule has 3 heterocycles. The van der Waals surface area contributed by atoms with Crippen molar-refractivity contribution in [2.75, 3.05) is 6.54 Å². The first-order valence-corrected chi connectivity index (χ1v) is 9.37. The predicted octanol–water partition coefficient (Wildman–Crippen LogP) is 3.38. The summed E-state index contributed by atoms with van der Waals surface area (Å²) < 4.78 is 5.07. The Balaban J connectivity index is 1.53. The fraction of sp³-hybridized carbons (Fsp3) is 0.222. The molecule has 0 aromatic heterocycles. The summed E-state index contributed by atoms with van der Waals surface area (Å²) in [6.45, 7) is 2.38. The minimum Gasteiger partial charge on any atom is -0.507 e. The molecule has 4 rings (SSSR count). The van der Waals surface area contributed by atoms with Gasteiger partial charge in [-0.3, -0.25) is 9.10 Å². The molecule has 0 saturated carbocycles. The van der Waals surface area contributed by atoms with Gasteiger partial charge in [-0.2, -0.15) is 5.10 Å². The molecule has 0 radical (unpaired) electrons. The molecule has 0 aliphatic carbocycles. The van der Waals surface area contributed by atoms with Gasteiger partial charge in [0.25, 0.3) is 0 Å². The molecule has 134 valence electrons. The largest absolute Gasteiger partial charge is 0.507 e. The molecule has 0 fully saturated rings. The predicted molar refractivity (Wildman–Crippen MR) is 103 cm³/mol. The highest BCUT2D eigenvalue weighted by atomic mass is 35.5. The Hall–Kier alpha value is -2.38. The van der Waals surface area contributed by atoms with Gasteiger partial charge in [-0.25, -0.2) is 5.01 Å². The molecule has 1 aromatic carbocycles. The molecule has 1 atom stereocenters. The first-order valence-electron chi connectivity index (χ1n) is 8.22. The number of hydrogen-bond acceptors (Lipinski definition) is 6. The Morgan fingerprint density at radius 3 is 3.15 bits per heavy atom. The van der Waals surface area contributed by atoms with Crippen molar-refractivity contribution in [1.29, 1.82) is 0 Å². The molecule has 1 unspecified atom stereocenters. The van der Waals surface area contributed by atoms with Gasteiger partial charge in [-0.15, -0.1) is 0 Å². The van der Waals surface area contributed by atoms with Gasteiger partial charge in [-0.05, 0) is 42.8 Å². The van der Waals surface area contributed by atoms with Crippen LogP contribution in [0, 0.1) is 5.92 Å². The maximum Gasteiger partial charge on any atom is 0.249 e. The molecule has 0 spiro atoms. The van der Waals surface area contributed by atoms with E-state index in [1.54, 1.807) is 12.1 Å². The van der Waals surface area contributed by atoms with Gasteiger partial charge < -0.3 is 9.83 Å². The standard InChI is InChI=1S/C18H17ClN4O2S/c1-11(12-4-7-23-14(8-12)10-20-26-23)18(25)22-6-5-16(21-22)15-9-13(19)2-3-17(15)24/h2-4,7-11,20,24H,5-6H2,1H3. The quantitative estimate of drug-likeness (QED) is 0.777. The number of fused-ring (bicyclic) bond motifs is 1. The lowest BCUT2D eigenvalue weighted by Gasteiger charge is -2.22. The Morgan fingerprint density at radius 1 is 1.46 bits per heavy atom. The summed E-state index contributed by atoms with van der Waals surface area (Å²) in [6.07, 6.45) is 8.38. The highest BCUT2D eigenvalue weighted by Crippen LogP contribution is 2.31. The van der Waals surface area contributed by atoms with E-state index in [9.17, 15) is 9.90 Å². The van der Waals surface area contributed by atoms with Crippen molar-refractivity contribution < 1.29 is 9.90 Å². The summed E-state index contributed by atoms with van der Waals surface area (Å²) in [5.74, 6) is -0.257. The maximum absolute atomic E-state index is 12.9. The summed E-state index contributed by atoms with van der Waals surface area (Å²) in [7, 11) is 0. The number of amides is 1. The van der Waals surface area contributed by atoms with E-state index in [4.69, 9.17) is 11.6 Å². The van der Waals surface area contributed by atoms with Crippen LogP contribution in [0.3, 0.4) is 0 Å². The summed E-state index contributed by atoms with van der Waals surface area (Å²) in [5, 5.41) is 16.5. The second-order valence-electron chi connectivity index (χ2n) is 6.21. The monoisotopic (exact) mass is 388 g/mol. The molecule has 2 N–H and O–H groups in total. The lowest BCUT2D eigenvalue weighted by molar-refractivity contribution is -0.133. The van der Waals surface area contributed by atoms with Crippen molar-refractivity contribution in [1.82, 2.24) is 14.0 Å². The molecule has 6 nitrogen and oxygen atoms in total. The van der Waals surface area contributed by atoms with Crippen molar-refractivity contribution in [3.05, 3.63) is 64.6 Å². The second kappa shape index (κ2) is 6.74. The number of aromatic hydroxyl groups is 1. The van der Waals surface area contributed by atoms with Crippen molar-refractivity contribution in [2.45, 2.75) is 13.3 Å². The molecule has 1 aromatic rings. The number of carbonyl (C=O) groups is 1. The zero-order valence-electron chi connectivity index (χ0n) is 14.0. The van der Waals surface area contributed by atoms with Gasteiger partial charge in [0.2, 0.25) is 5.91 Å². The summed E-state index contributed by atoms with van der Waals surface area (Å²) in [6, 6.07) is 4.83. The highest BCUT2D eigenvalue weighted by Gasteiger charge is 2.29. The van der Waals surface area contributed by atoms with Crippen molar-refractivity contribution in [3.8, 4) is 5.75 Å². The Bertz CT molecular complexity index is 893. The van der Waals surface area contributed by atoms with Crippen LogP contribution < -0.4 is 4.72 Å². The van der Waals surface area contributed by atoms with Crippen molar-refractivity contribution in [3.63, 3.8) is 0 Å². The number of benzene rings is 1. The van der Waals surface area contributed by atoms with Crippen LogP contribution in [-0.2, 0) is 4.79 Å². The Labute approximate surface area is 160 Å². The molecule has 1 amide bonds. The number of nitrogens with zero attached hydrogens (tertiary/aromatic N) is 3. The number of hydrazone groups is 1. The lowest BCUT2D eigenvalue weighted by Crippen LogP contribution is -2.30. The molecule has 0 saturated heterocycles. The van der Waals surface area contributed by atoms with Crippen LogP contribution in [0.1, 0.15) is 18.9 Å². The van der Waals surface area contributed by atoms with E-state index in [2.05, 4.69) is 9.82 Å². The molecular formula is C18H17ClN4O2S. The number of phenolic OH excluding ortho intramolecular Hbond substituents is 1. The second-order valence-corrected chi connectivity index (χ2v) is 7.45. The van der Waals surface area contributed by atoms with Crippen LogP contribution in [0.5, 0.6) is 5.75 Å². The number of allylic oxidation sites excluding steroid dienone is 2. The van der Waals surface area contributed by atoms with E-state index in [0.717, 1.165) is 11.3 Å². The first kappa shape index (κ1) is 17.1. The number of phenols is 1. The number of hydrogen-bond donors (Lipinski definition) is 2. The fourth-order valence-electron chi connectivity index (χ4n) is 3.03. The smallest absolute Gasteiger partial charge is 0.249 e. The normalized spacial score (nSPS) is 19.5. The van der Waals surface area contributed by atoms with Crippen molar-refractivity contribution >= 4 is 35.4 Å². The number of carbonyl (C=O) groups excluding carboxylic acids is 1. The SMILES string of the molecule is CC(C(=O)N1CCC(c2cc(Cl)ccc2O)=N1)C1=CC2=CNSN2C=C1. The van der Waals surface area contributed by atoms with Gasteiger partial charge in [0, 0.05) is 29.4 Å². The van der Waals surface area contributed by atoms with E-state index in [1.165, 1.54) is 23.2 Å². The highest BCUT2D eigenvalue weighted by molar-refractivity contribution is 7.95. The molecular weight excluding hydrogens is 372 g/mol. The van der Waals surface area contributed by atoms with Gasteiger partial charge in [0.15, 0.2) is 0 Å². The molecule has 3 aliphatic heterocycles. The molecule has 3 aliphatic rings. The summed E-state index contributed by atoms with van der Waals surface area (Å²) in [4.78, 5) is 12.9. The minimum absolute atomic E-state index is 0.0647. The maximum atomic E-state index is 12.9. The van der Waals surface area contributed by atoms with E-state index in [-0.39, 0.29) is 17.6 Å². The minimum atomic E-state index is -0.309. The summed E-state index contributed by atoms with van der Waals surface area (Å²) >= 11 is 7.49. The number of halogens is 1. The van der Waals surface area contributed by atoms with Gasteiger partial charge >= 0.3 is 0 Å². The Morgan fingerprint density at radius 2 is 2.31 bits per heavy atom. The zero-order chi connectivity index (χ0) is 18.3. The average Bonchev–Trinajstić information content (AvgIpc) is 3.31. The average molecular weight is 389 g/mol. The van der Waals surface area contributed by atoms with Crippen LogP contribution in [0.25, 0.3) is 0 Å².